The molecule has 1 N–H and O–H groups in total. The van der Waals surface area contributed by atoms with Crippen LogP contribution in [0.4, 0.5) is 0 Å². The second-order valence-corrected chi connectivity index (χ2v) is 3.71. The lowest BCUT2D eigenvalue weighted by molar-refractivity contribution is -0.131. The van der Waals surface area contributed by atoms with E-state index in [0.29, 0.717) is 0 Å². The normalized spacial score (nSPS) is 11.1. The Balaban J connectivity index is 0. The molecule has 2 nitrogen and oxygen atoms in total. The van der Waals surface area contributed by atoms with Crippen molar-refractivity contribution >= 4 is 5.97 Å². The molecule has 0 aliphatic heterocycles. The van der Waals surface area contributed by atoms with Crippen molar-refractivity contribution < 1.29 is 9.90 Å². The van der Waals surface area contributed by atoms with Crippen molar-refractivity contribution in [2.75, 3.05) is 0 Å². The first-order chi connectivity index (χ1) is 6.41. The minimum atomic E-state index is -0.914. The van der Waals surface area contributed by atoms with Gasteiger partial charge in [-0.3, -0.25) is 0 Å². The van der Waals surface area contributed by atoms with Crippen molar-refractivity contribution in [2.24, 2.45) is 11.8 Å². The molecule has 0 aromatic rings. The van der Waals surface area contributed by atoms with Crippen molar-refractivity contribution in [3.8, 4) is 0 Å². The first-order valence-corrected chi connectivity index (χ1v) is 4.94. The number of carboxylic acid groups (broad SMARTS) is 1. The molecule has 0 heterocycles. The van der Waals surface area contributed by atoms with E-state index in [0.717, 1.165) is 17.9 Å². The van der Waals surface area contributed by atoms with Crippen molar-refractivity contribution in [3.63, 3.8) is 0 Å². The second kappa shape index (κ2) is 10.0. The molecule has 0 aromatic carbocycles. The Labute approximate surface area is 87.3 Å². The van der Waals surface area contributed by atoms with Crippen LogP contribution in [0.1, 0.15) is 34.6 Å². The maximum atomic E-state index is 9.75. The van der Waals surface area contributed by atoms with Crippen LogP contribution >= 0.6 is 0 Å². The van der Waals surface area contributed by atoms with E-state index in [1.165, 1.54) is 6.08 Å². The summed E-state index contributed by atoms with van der Waals surface area (Å²) < 4.78 is 0. The van der Waals surface area contributed by atoms with E-state index in [9.17, 15) is 4.79 Å². The fourth-order valence-corrected chi connectivity index (χ4v) is 0.249. The zero-order valence-corrected chi connectivity index (χ0v) is 9.82. The van der Waals surface area contributed by atoms with Gasteiger partial charge in [0.15, 0.2) is 0 Å². The van der Waals surface area contributed by atoms with Gasteiger partial charge in [-0.25, -0.2) is 4.79 Å². The number of allylic oxidation sites excluding steroid dienone is 3. The minimum absolute atomic E-state index is 0.852. The molecule has 0 radical (unpaired) electrons. The number of rotatable bonds is 3. The molecule has 0 fully saturated rings. The SMILES string of the molecule is C/C=C/C=C/C(=O)O.CC(C)C(C)C. The second-order valence-electron chi connectivity index (χ2n) is 3.71. The summed E-state index contributed by atoms with van der Waals surface area (Å²) in [6.07, 6.45) is 5.98. The van der Waals surface area contributed by atoms with E-state index in [-0.39, 0.29) is 0 Å². The maximum Gasteiger partial charge on any atom is 0.328 e. The summed E-state index contributed by atoms with van der Waals surface area (Å²) >= 11 is 0. The van der Waals surface area contributed by atoms with Crippen LogP contribution in [0.15, 0.2) is 24.3 Å². The Morgan fingerprint density at radius 3 is 1.71 bits per heavy atom. The zero-order valence-electron chi connectivity index (χ0n) is 9.82. The van der Waals surface area contributed by atoms with Gasteiger partial charge < -0.3 is 5.11 Å². The molecule has 0 aliphatic rings. The minimum Gasteiger partial charge on any atom is -0.478 e. The first-order valence-electron chi connectivity index (χ1n) is 4.94. The van der Waals surface area contributed by atoms with Gasteiger partial charge >= 0.3 is 5.97 Å². The summed E-state index contributed by atoms with van der Waals surface area (Å²) in [7, 11) is 0. The average molecular weight is 198 g/mol. The summed E-state index contributed by atoms with van der Waals surface area (Å²) in [5.41, 5.74) is 0. The number of aliphatic carboxylic acids is 1. The zero-order chi connectivity index (χ0) is 11.6. The van der Waals surface area contributed by atoms with Crippen LogP contribution in [0.25, 0.3) is 0 Å². The topological polar surface area (TPSA) is 37.3 Å². The highest BCUT2D eigenvalue weighted by Gasteiger charge is 1.95. The first kappa shape index (κ1) is 15.4. The largest absolute Gasteiger partial charge is 0.478 e. The third-order valence-corrected chi connectivity index (χ3v) is 1.88. The molecule has 0 saturated carbocycles. The van der Waals surface area contributed by atoms with Crippen LogP contribution in [0.5, 0.6) is 0 Å². The van der Waals surface area contributed by atoms with Gasteiger partial charge in [0.25, 0.3) is 0 Å². The highest BCUT2D eigenvalue weighted by atomic mass is 16.4. The molecule has 0 spiro atoms. The van der Waals surface area contributed by atoms with Gasteiger partial charge in [0.1, 0.15) is 0 Å². The Hall–Kier alpha value is -1.05. The lowest BCUT2D eigenvalue weighted by Crippen LogP contribution is -1.95. The Bertz CT molecular complexity index is 182. The molecule has 14 heavy (non-hydrogen) atoms. The van der Waals surface area contributed by atoms with E-state index in [1.807, 2.05) is 6.92 Å². The lowest BCUT2D eigenvalue weighted by Gasteiger charge is -2.05. The fourth-order valence-electron chi connectivity index (χ4n) is 0.249. The van der Waals surface area contributed by atoms with E-state index >= 15 is 0 Å². The molecule has 0 aromatic heterocycles. The van der Waals surface area contributed by atoms with Crippen LogP contribution in [-0.4, -0.2) is 11.1 Å². The van der Waals surface area contributed by atoms with Gasteiger partial charge in [0, 0.05) is 6.08 Å². The standard InChI is InChI=1S/C6H8O2.C6H14/c1-2-3-4-5-6(7)8;1-5(2)6(3)4/h2-5H,1H3,(H,7,8);5-6H,1-4H3/b3-2+,5-4+;. The third kappa shape index (κ3) is 17.2. The van der Waals surface area contributed by atoms with Crippen LogP contribution in [0.2, 0.25) is 0 Å². The monoisotopic (exact) mass is 198 g/mol. The summed E-state index contributed by atoms with van der Waals surface area (Å²) in [4.78, 5) is 9.75. The third-order valence-electron chi connectivity index (χ3n) is 1.88. The quantitative estimate of drug-likeness (QED) is 0.556. The Kier molecular flexibility index (Phi) is 11.1. The number of carbonyl (C=O) groups is 1. The summed E-state index contributed by atoms with van der Waals surface area (Å²) in [6, 6.07) is 0. The molecular weight excluding hydrogens is 176 g/mol. The molecule has 2 heteroatoms. The van der Waals surface area contributed by atoms with Gasteiger partial charge in [-0.05, 0) is 18.8 Å². The van der Waals surface area contributed by atoms with Gasteiger partial charge in [0.05, 0.1) is 0 Å². The van der Waals surface area contributed by atoms with E-state index < -0.39 is 5.97 Å². The van der Waals surface area contributed by atoms with Crippen molar-refractivity contribution in [2.45, 2.75) is 34.6 Å². The van der Waals surface area contributed by atoms with Gasteiger partial charge in [-0.2, -0.15) is 0 Å². The summed E-state index contributed by atoms with van der Waals surface area (Å²) in [5.74, 6) is 0.790. The highest BCUT2D eigenvalue weighted by Crippen LogP contribution is 2.05. The van der Waals surface area contributed by atoms with Gasteiger partial charge in [0.2, 0.25) is 0 Å². The smallest absolute Gasteiger partial charge is 0.328 e. The van der Waals surface area contributed by atoms with Crippen molar-refractivity contribution in [1.82, 2.24) is 0 Å². The summed E-state index contributed by atoms with van der Waals surface area (Å²) in [6.45, 7) is 10.8. The van der Waals surface area contributed by atoms with Gasteiger partial charge in [-0.1, -0.05) is 45.9 Å². The number of hydrogen-bond acceptors (Lipinski definition) is 1. The van der Waals surface area contributed by atoms with Crippen LogP contribution < -0.4 is 0 Å². The summed E-state index contributed by atoms with van der Waals surface area (Å²) in [5, 5.41) is 8.02. The van der Waals surface area contributed by atoms with E-state index in [2.05, 4.69) is 27.7 Å². The van der Waals surface area contributed by atoms with Crippen LogP contribution in [-0.2, 0) is 4.79 Å². The molecule has 0 bridgehead atoms. The van der Waals surface area contributed by atoms with Gasteiger partial charge in [-0.15, -0.1) is 0 Å². The van der Waals surface area contributed by atoms with E-state index in [1.54, 1.807) is 12.2 Å². The number of carboxylic acids is 1. The molecule has 82 valence electrons. The predicted octanol–water partition coefficient (Wildman–Crippen LogP) is 3.50. The Morgan fingerprint density at radius 2 is 1.50 bits per heavy atom. The van der Waals surface area contributed by atoms with E-state index in [4.69, 9.17) is 5.11 Å². The molecule has 0 saturated heterocycles. The predicted molar refractivity (Wildman–Crippen MR) is 61.3 cm³/mol. The molecule has 0 unspecified atom stereocenters. The molecular formula is C12H22O2. The van der Waals surface area contributed by atoms with Crippen LogP contribution in [0.3, 0.4) is 0 Å². The van der Waals surface area contributed by atoms with Crippen molar-refractivity contribution in [3.05, 3.63) is 24.3 Å². The molecule has 0 aliphatic carbocycles. The molecule has 0 rings (SSSR count). The average Bonchev–Trinajstić information content (AvgIpc) is 2.05. The highest BCUT2D eigenvalue weighted by molar-refractivity contribution is 5.80. The van der Waals surface area contributed by atoms with Crippen molar-refractivity contribution in [1.29, 1.82) is 0 Å². The fraction of sp³-hybridized carbons (Fsp3) is 0.583. The number of hydrogen-bond donors (Lipinski definition) is 1. The lowest BCUT2D eigenvalue weighted by atomic mass is 10.0. The maximum absolute atomic E-state index is 9.75. The van der Waals surface area contributed by atoms with Crippen LogP contribution in [0, 0.1) is 11.8 Å². The molecule has 0 amide bonds. The Morgan fingerprint density at radius 1 is 1.07 bits per heavy atom. The molecule has 0 atom stereocenters.